The van der Waals surface area contributed by atoms with Crippen molar-refractivity contribution in [1.29, 1.82) is 0 Å². The van der Waals surface area contributed by atoms with Crippen LogP contribution in [0.15, 0.2) is 42.5 Å². The number of nitrogens with one attached hydrogen (secondary N) is 2. The van der Waals surface area contributed by atoms with Gasteiger partial charge in [0.2, 0.25) is 5.95 Å². The third kappa shape index (κ3) is 4.18. The van der Waals surface area contributed by atoms with E-state index in [1.165, 1.54) is 12.7 Å². The Bertz CT molecular complexity index is 866. The number of methoxy groups -OCH3 is 1. The molecule has 0 saturated carbocycles. The van der Waals surface area contributed by atoms with Gasteiger partial charge >= 0.3 is 5.97 Å². The van der Waals surface area contributed by atoms with E-state index in [-0.39, 0.29) is 5.97 Å². The van der Waals surface area contributed by atoms with Crippen molar-refractivity contribution in [2.24, 2.45) is 0 Å². The number of hydrogen-bond donors (Lipinski definition) is 2. The Morgan fingerprint density at radius 1 is 1.20 bits per heavy atom. The number of nitrogens with zero attached hydrogens (tertiary/aromatic N) is 1. The van der Waals surface area contributed by atoms with E-state index in [4.69, 9.17) is 0 Å². The van der Waals surface area contributed by atoms with Crippen molar-refractivity contribution >= 4 is 28.6 Å². The molecule has 0 saturated heterocycles. The van der Waals surface area contributed by atoms with Crippen LogP contribution < -0.4 is 5.32 Å². The van der Waals surface area contributed by atoms with Gasteiger partial charge in [0.15, 0.2) is 0 Å². The second-order valence-electron chi connectivity index (χ2n) is 6.41. The van der Waals surface area contributed by atoms with Gasteiger partial charge in [-0.2, -0.15) is 0 Å². The molecule has 2 N–H and O–H groups in total. The monoisotopic (exact) mass is 337 g/mol. The van der Waals surface area contributed by atoms with E-state index in [0.29, 0.717) is 24.7 Å². The van der Waals surface area contributed by atoms with Crippen LogP contribution in [0.1, 0.15) is 37.3 Å². The molecule has 0 bridgehead atoms. The van der Waals surface area contributed by atoms with Crippen molar-refractivity contribution in [2.75, 3.05) is 12.4 Å². The van der Waals surface area contributed by atoms with E-state index in [1.54, 1.807) is 0 Å². The molecule has 0 spiro atoms. The summed E-state index contributed by atoms with van der Waals surface area (Å²) >= 11 is 0. The lowest BCUT2D eigenvalue weighted by molar-refractivity contribution is -0.140. The Kier molecular flexibility index (Phi) is 5.03. The van der Waals surface area contributed by atoms with E-state index in [0.717, 1.165) is 22.3 Å². The quantitative estimate of drug-likeness (QED) is 0.648. The molecule has 3 aromatic rings. The van der Waals surface area contributed by atoms with E-state index >= 15 is 0 Å². The summed E-state index contributed by atoms with van der Waals surface area (Å²) in [7, 11) is 1.41. The number of aryl methyl sites for hydroxylation is 1. The first-order valence-corrected chi connectivity index (χ1v) is 8.47. The van der Waals surface area contributed by atoms with E-state index in [9.17, 15) is 4.79 Å². The summed E-state index contributed by atoms with van der Waals surface area (Å²) in [6.07, 6.45) is 1.03. The van der Waals surface area contributed by atoms with Gasteiger partial charge in [0.05, 0.1) is 18.1 Å². The van der Waals surface area contributed by atoms with Gasteiger partial charge in [0.1, 0.15) is 0 Å². The molecule has 3 rings (SSSR count). The van der Waals surface area contributed by atoms with Crippen molar-refractivity contribution < 1.29 is 9.53 Å². The van der Waals surface area contributed by atoms with Crippen molar-refractivity contribution in [3.05, 3.63) is 53.6 Å². The fourth-order valence-electron chi connectivity index (χ4n) is 2.71. The number of anilines is 2. The van der Waals surface area contributed by atoms with Gasteiger partial charge in [-0.3, -0.25) is 4.79 Å². The summed E-state index contributed by atoms with van der Waals surface area (Å²) in [6, 6.07) is 14.4. The Morgan fingerprint density at radius 3 is 2.64 bits per heavy atom. The average Bonchev–Trinajstić information content (AvgIpc) is 3.01. The van der Waals surface area contributed by atoms with Gasteiger partial charge in [0, 0.05) is 12.1 Å². The molecule has 2 aromatic carbocycles. The molecule has 0 aliphatic rings. The molecule has 5 heteroatoms. The number of imidazole rings is 1. The number of aromatic amines is 1. The lowest BCUT2D eigenvalue weighted by Gasteiger charge is -2.07. The second kappa shape index (κ2) is 7.38. The first-order valence-electron chi connectivity index (χ1n) is 8.47. The van der Waals surface area contributed by atoms with Crippen molar-refractivity contribution in [2.45, 2.75) is 32.6 Å². The summed E-state index contributed by atoms with van der Waals surface area (Å²) in [4.78, 5) is 19.1. The standard InChI is InChI=1S/C20H23N3O2/c1-13(2)15-6-8-16(9-7-15)21-20-22-17-10-4-14(12-18(17)23-20)5-11-19(24)25-3/h4,6-10,12-13H,5,11H2,1-3H3,(H2,21,22,23). The number of benzene rings is 2. The first kappa shape index (κ1) is 17.0. The van der Waals surface area contributed by atoms with Gasteiger partial charge in [0.25, 0.3) is 0 Å². The fraction of sp³-hybridized carbons (Fsp3) is 0.300. The van der Waals surface area contributed by atoms with Gasteiger partial charge in [-0.1, -0.05) is 32.0 Å². The molecule has 0 amide bonds. The highest BCUT2D eigenvalue weighted by Gasteiger charge is 2.07. The Hall–Kier alpha value is -2.82. The van der Waals surface area contributed by atoms with Crippen LogP contribution in [0.5, 0.6) is 0 Å². The maximum atomic E-state index is 11.3. The first-order chi connectivity index (χ1) is 12.0. The minimum Gasteiger partial charge on any atom is -0.469 e. The molecule has 1 heterocycles. The van der Waals surface area contributed by atoms with E-state index < -0.39 is 0 Å². The van der Waals surface area contributed by atoms with Crippen LogP contribution >= 0.6 is 0 Å². The predicted molar refractivity (Wildman–Crippen MR) is 100 cm³/mol. The van der Waals surface area contributed by atoms with Gasteiger partial charge < -0.3 is 15.0 Å². The number of carbonyl (C=O) groups is 1. The van der Waals surface area contributed by atoms with Gasteiger partial charge in [-0.25, -0.2) is 4.98 Å². The SMILES string of the molecule is COC(=O)CCc1ccc2nc(Nc3ccc(C(C)C)cc3)[nH]c2c1. The fourth-order valence-corrected chi connectivity index (χ4v) is 2.71. The van der Waals surface area contributed by atoms with Crippen LogP contribution in [0.3, 0.4) is 0 Å². The molecule has 5 nitrogen and oxygen atoms in total. The van der Waals surface area contributed by atoms with Crippen molar-refractivity contribution in [1.82, 2.24) is 9.97 Å². The number of hydrogen-bond acceptors (Lipinski definition) is 4. The van der Waals surface area contributed by atoms with E-state index in [2.05, 4.69) is 58.1 Å². The van der Waals surface area contributed by atoms with Crippen LogP contribution in [0, 0.1) is 0 Å². The molecule has 0 radical (unpaired) electrons. The molecule has 0 atom stereocenters. The van der Waals surface area contributed by atoms with Crippen LogP contribution in [0.25, 0.3) is 11.0 Å². The van der Waals surface area contributed by atoms with Crippen molar-refractivity contribution in [3.63, 3.8) is 0 Å². The number of esters is 1. The molecular formula is C20H23N3O2. The highest BCUT2D eigenvalue weighted by atomic mass is 16.5. The summed E-state index contributed by atoms with van der Waals surface area (Å²) in [5, 5.41) is 3.30. The number of fused-ring (bicyclic) bond motifs is 1. The largest absolute Gasteiger partial charge is 0.469 e. The lowest BCUT2D eigenvalue weighted by atomic mass is 10.0. The molecule has 130 valence electrons. The molecule has 0 aliphatic carbocycles. The average molecular weight is 337 g/mol. The van der Waals surface area contributed by atoms with Gasteiger partial charge in [-0.05, 0) is 47.7 Å². The Balaban J connectivity index is 1.73. The lowest BCUT2D eigenvalue weighted by Crippen LogP contribution is -2.01. The normalized spacial score (nSPS) is 11.0. The highest BCUT2D eigenvalue weighted by Crippen LogP contribution is 2.22. The van der Waals surface area contributed by atoms with Crippen LogP contribution in [0.2, 0.25) is 0 Å². The molecular weight excluding hydrogens is 314 g/mol. The van der Waals surface area contributed by atoms with Crippen LogP contribution in [-0.4, -0.2) is 23.0 Å². The zero-order chi connectivity index (χ0) is 17.8. The zero-order valence-electron chi connectivity index (χ0n) is 14.8. The maximum Gasteiger partial charge on any atom is 0.305 e. The predicted octanol–water partition coefficient (Wildman–Crippen LogP) is 4.54. The van der Waals surface area contributed by atoms with Crippen molar-refractivity contribution in [3.8, 4) is 0 Å². The summed E-state index contributed by atoms with van der Waals surface area (Å²) in [5.74, 6) is 1.03. The summed E-state index contributed by atoms with van der Waals surface area (Å²) < 4.78 is 4.68. The highest BCUT2D eigenvalue weighted by molar-refractivity contribution is 5.79. The topological polar surface area (TPSA) is 67.0 Å². The van der Waals surface area contributed by atoms with Gasteiger partial charge in [-0.15, -0.1) is 0 Å². The second-order valence-corrected chi connectivity index (χ2v) is 6.41. The number of carbonyl (C=O) groups excluding carboxylic acids is 1. The minimum atomic E-state index is -0.197. The summed E-state index contributed by atoms with van der Waals surface area (Å²) in [6.45, 7) is 4.36. The molecule has 25 heavy (non-hydrogen) atoms. The summed E-state index contributed by atoms with van der Waals surface area (Å²) in [5.41, 5.74) is 5.22. The molecule has 0 aliphatic heterocycles. The molecule has 0 unspecified atom stereocenters. The van der Waals surface area contributed by atoms with E-state index in [1.807, 2.05) is 18.2 Å². The minimum absolute atomic E-state index is 0.197. The number of ether oxygens (including phenoxy) is 1. The maximum absolute atomic E-state index is 11.3. The molecule has 1 aromatic heterocycles. The number of H-pyrrole nitrogens is 1. The third-order valence-corrected chi connectivity index (χ3v) is 4.23. The Morgan fingerprint density at radius 2 is 1.96 bits per heavy atom. The number of rotatable bonds is 6. The third-order valence-electron chi connectivity index (χ3n) is 4.23. The smallest absolute Gasteiger partial charge is 0.305 e. The van der Waals surface area contributed by atoms with Crippen LogP contribution in [0.4, 0.5) is 11.6 Å². The molecule has 0 fully saturated rings. The number of aromatic nitrogens is 2. The van der Waals surface area contributed by atoms with Crippen LogP contribution in [-0.2, 0) is 16.0 Å². The zero-order valence-corrected chi connectivity index (χ0v) is 14.8. The Labute approximate surface area is 147 Å².